The fourth-order valence-corrected chi connectivity index (χ4v) is 1.32. The van der Waals surface area contributed by atoms with Crippen LogP contribution in [0.2, 0.25) is 0 Å². The van der Waals surface area contributed by atoms with E-state index in [4.69, 9.17) is 5.73 Å². The van der Waals surface area contributed by atoms with Gasteiger partial charge < -0.3 is 5.73 Å². The number of hydrogen-bond donors (Lipinski definition) is 1. The maximum Gasteiger partial charge on any atom is 0.126 e. The molecule has 1 rings (SSSR count). The third kappa shape index (κ3) is 1.83. The Balaban J connectivity index is 3.02. The second-order valence-electron chi connectivity index (χ2n) is 2.83. The predicted octanol–water partition coefficient (Wildman–Crippen LogP) is 2.24. The van der Waals surface area contributed by atoms with Gasteiger partial charge in [-0.1, -0.05) is 25.5 Å². The Morgan fingerprint density at radius 2 is 2.17 bits per heavy atom. The molecule has 0 aliphatic carbocycles. The van der Waals surface area contributed by atoms with E-state index in [1.807, 2.05) is 13.0 Å². The number of halogens is 1. The van der Waals surface area contributed by atoms with Crippen LogP contribution in [-0.2, 0) is 13.0 Å². The maximum atomic E-state index is 13.2. The van der Waals surface area contributed by atoms with Crippen molar-refractivity contribution < 1.29 is 4.39 Å². The third-order valence-electron chi connectivity index (χ3n) is 1.94. The first-order valence-corrected chi connectivity index (χ1v) is 4.26. The van der Waals surface area contributed by atoms with Crippen LogP contribution in [0.5, 0.6) is 0 Å². The number of rotatable bonds is 3. The van der Waals surface area contributed by atoms with Crippen LogP contribution in [0.25, 0.3) is 0 Å². The van der Waals surface area contributed by atoms with Crippen molar-refractivity contribution in [1.82, 2.24) is 0 Å². The van der Waals surface area contributed by atoms with Crippen molar-refractivity contribution in [3.8, 4) is 0 Å². The zero-order valence-corrected chi connectivity index (χ0v) is 7.31. The molecule has 0 saturated heterocycles. The van der Waals surface area contributed by atoms with Crippen LogP contribution < -0.4 is 5.73 Å². The van der Waals surface area contributed by atoms with Crippen molar-refractivity contribution in [1.29, 1.82) is 0 Å². The summed E-state index contributed by atoms with van der Waals surface area (Å²) in [5.41, 5.74) is 7.19. The lowest BCUT2D eigenvalue weighted by Crippen LogP contribution is -2.03. The second-order valence-corrected chi connectivity index (χ2v) is 2.83. The largest absolute Gasteiger partial charge is 0.326 e. The highest BCUT2D eigenvalue weighted by Crippen LogP contribution is 2.14. The van der Waals surface area contributed by atoms with E-state index in [2.05, 4.69) is 0 Å². The quantitative estimate of drug-likeness (QED) is 0.734. The minimum Gasteiger partial charge on any atom is -0.326 e. The molecule has 2 heteroatoms. The first-order valence-electron chi connectivity index (χ1n) is 4.26. The molecule has 1 aromatic carbocycles. The van der Waals surface area contributed by atoms with E-state index in [1.165, 1.54) is 6.07 Å². The zero-order valence-electron chi connectivity index (χ0n) is 7.31. The lowest BCUT2D eigenvalue weighted by Gasteiger charge is -2.06. The van der Waals surface area contributed by atoms with Crippen molar-refractivity contribution in [2.45, 2.75) is 26.3 Å². The van der Waals surface area contributed by atoms with Gasteiger partial charge in [0.25, 0.3) is 0 Å². The molecule has 0 unspecified atom stereocenters. The molecule has 1 aromatic rings. The van der Waals surface area contributed by atoms with Gasteiger partial charge in [0.2, 0.25) is 0 Å². The molecule has 12 heavy (non-hydrogen) atoms. The summed E-state index contributed by atoms with van der Waals surface area (Å²) in [7, 11) is 0. The van der Waals surface area contributed by atoms with Crippen LogP contribution >= 0.6 is 0 Å². The van der Waals surface area contributed by atoms with Crippen LogP contribution in [0, 0.1) is 5.82 Å². The summed E-state index contributed by atoms with van der Waals surface area (Å²) in [6.45, 7) is 2.46. The Kier molecular flexibility index (Phi) is 3.23. The summed E-state index contributed by atoms with van der Waals surface area (Å²) >= 11 is 0. The van der Waals surface area contributed by atoms with E-state index < -0.39 is 0 Å². The number of hydrogen-bond acceptors (Lipinski definition) is 1. The van der Waals surface area contributed by atoms with E-state index in [0.29, 0.717) is 6.54 Å². The Morgan fingerprint density at radius 1 is 1.42 bits per heavy atom. The highest BCUT2D eigenvalue weighted by molar-refractivity contribution is 5.28. The summed E-state index contributed by atoms with van der Waals surface area (Å²) in [4.78, 5) is 0. The predicted molar refractivity (Wildman–Crippen MR) is 48.3 cm³/mol. The minimum absolute atomic E-state index is 0.125. The highest BCUT2D eigenvalue weighted by Gasteiger charge is 2.04. The molecule has 0 aromatic heterocycles. The van der Waals surface area contributed by atoms with Gasteiger partial charge in [-0.2, -0.15) is 0 Å². The molecule has 2 N–H and O–H groups in total. The summed E-state index contributed by atoms with van der Waals surface area (Å²) in [6, 6.07) is 5.08. The van der Waals surface area contributed by atoms with Gasteiger partial charge in [0, 0.05) is 6.54 Å². The molecule has 0 fully saturated rings. The Morgan fingerprint density at radius 3 is 2.75 bits per heavy atom. The summed E-state index contributed by atoms with van der Waals surface area (Å²) in [5, 5.41) is 0. The highest BCUT2D eigenvalue weighted by atomic mass is 19.1. The van der Waals surface area contributed by atoms with Crippen molar-refractivity contribution in [2.75, 3.05) is 0 Å². The molecule has 0 bridgehead atoms. The number of benzene rings is 1. The van der Waals surface area contributed by atoms with Gasteiger partial charge in [-0.15, -0.1) is 0 Å². The van der Waals surface area contributed by atoms with Gasteiger partial charge in [0.15, 0.2) is 0 Å². The minimum atomic E-state index is -0.125. The standard InChI is InChI=1S/C10H14FN/c1-2-4-9-8(7-12)5-3-6-10(9)11/h3,5-6H,2,4,7,12H2,1H3. The van der Waals surface area contributed by atoms with Crippen LogP contribution in [0.3, 0.4) is 0 Å². The summed E-state index contributed by atoms with van der Waals surface area (Å²) in [5.74, 6) is -0.125. The smallest absolute Gasteiger partial charge is 0.126 e. The van der Waals surface area contributed by atoms with E-state index in [1.54, 1.807) is 6.07 Å². The van der Waals surface area contributed by atoms with Crippen molar-refractivity contribution in [3.63, 3.8) is 0 Å². The van der Waals surface area contributed by atoms with Gasteiger partial charge in [-0.05, 0) is 23.6 Å². The maximum absolute atomic E-state index is 13.2. The van der Waals surface area contributed by atoms with Crippen molar-refractivity contribution in [2.24, 2.45) is 5.73 Å². The van der Waals surface area contributed by atoms with E-state index in [-0.39, 0.29) is 5.82 Å². The van der Waals surface area contributed by atoms with E-state index in [9.17, 15) is 4.39 Å². The molecule has 0 radical (unpaired) electrons. The lowest BCUT2D eigenvalue weighted by molar-refractivity contribution is 0.603. The number of nitrogens with two attached hydrogens (primary N) is 1. The van der Waals surface area contributed by atoms with Crippen LogP contribution in [0.15, 0.2) is 18.2 Å². The summed E-state index contributed by atoms with van der Waals surface area (Å²) in [6.07, 6.45) is 1.73. The topological polar surface area (TPSA) is 26.0 Å². The molecule has 0 atom stereocenters. The van der Waals surface area contributed by atoms with E-state index >= 15 is 0 Å². The molecular formula is C10H14FN. The normalized spacial score (nSPS) is 10.2. The molecule has 0 amide bonds. The Bertz CT molecular complexity index is 258. The van der Waals surface area contributed by atoms with Crippen LogP contribution in [0.4, 0.5) is 4.39 Å². The Labute approximate surface area is 72.4 Å². The van der Waals surface area contributed by atoms with Gasteiger partial charge in [-0.25, -0.2) is 4.39 Å². The zero-order chi connectivity index (χ0) is 8.97. The SMILES string of the molecule is CCCc1c(F)cccc1CN. The molecule has 0 heterocycles. The Hall–Kier alpha value is -0.890. The first-order chi connectivity index (χ1) is 5.79. The summed E-state index contributed by atoms with van der Waals surface area (Å²) < 4.78 is 13.2. The van der Waals surface area contributed by atoms with Gasteiger partial charge in [-0.3, -0.25) is 0 Å². The molecule has 0 aliphatic rings. The fourth-order valence-electron chi connectivity index (χ4n) is 1.32. The second kappa shape index (κ2) is 4.21. The molecule has 1 nitrogen and oxygen atoms in total. The van der Waals surface area contributed by atoms with Gasteiger partial charge in [0.05, 0.1) is 0 Å². The van der Waals surface area contributed by atoms with Crippen molar-refractivity contribution in [3.05, 3.63) is 35.1 Å². The monoisotopic (exact) mass is 167 g/mol. The average Bonchev–Trinajstić information content (AvgIpc) is 2.09. The third-order valence-corrected chi connectivity index (χ3v) is 1.94. The average molecular weight is 167 g/mol. The van der Waals surface area contributed by atoms with Crippen LogP contribution in [-0.4, -0.2) is 0 Å². The van der Waals surface area contributed by atoms with Gasteiger partial charge in [0.1, 0.15) is 5.82 Å². The van der Waals surface area contributed by atoms with Crippen molar-refractivity contribution >= 4 is 0 Å². The molecule has 0 spiro atoms. The molecular weight excluding hydrogens is 153 g/mol. The molecule has 0 saturated carbocycles. The lowest BCUT2D eigenvalue weighted by atomic mass is 10.0. The van der Waals surface area contributed by atoms with E-state index in [0.717, 1.165) is 24.0 Å². The van der Waals surface area contributed by atoms with Gasteiger partial charge >= 0.3 is 0 Å². The first kappa shape index (κ1) is 9.20. The molecule has 0 aliphatic heterocycles. The van der Waals surface area contributed by atoms with Crippen LogP contribution in [0.1, 0.15) is 24.5 Å². The molecule has 66 valence electrons. The fraction of sp³-hybridized carbons (Fsp3) is 0.400.